The second-order valence-electron chi connectivity index (χ2n) is 6.45. The van der Waals surface area contributed by atoms with E-state index in [1.165, 1.54) is 31.3 Å². The third kappa shape index (κ3) is 4.44. The van der Waals surface area contributed by atoms with Gasteiger partial charge in [-0.1, -0.05) is 29.8 Å². The van der Waals surface area contributed by atoms with Crippen molar-refractivity contribution in [2.45, 2.75) is 38.5 Å². The molecule has 4 nitrogen and oxygen atoms in total. The Balaban J connectivity index is 1.38. The molecule has 1 aromatic rings. The molecular formula is C19H24N2O2. The fourth-order valence-corrected chi connectivity index (χ4v) is 3.14. The van der Waals surface area contributed by atoms with E-state index in [1.54, 1.807) is 0 Å². The van der Waals surface area contributed by atoms with Crippen LogP contribution in [0, 0.1) is 11.8 Å². The van der Waals surface area contributed by atoms with Gasteiger partial charge in [-0.3, -0.25) is 9.59 Å². The molecule has 0 aromatic heterocycles. The first-order valence-corrected chi connectivity index (χ1v) is 8.55. The van der Waals surface area contributed by atoms with E-state index in [4.69, 9.17) is 0 Å². The lowest BCUT2D eigenvalue weighted by Gasteiger charge is -2.13. The van der Waals surface area contributed by atoms with Gasteiger partial charge in [-0.05, 0) is 50.7 Å². The van der Waals surface area contributed by atoms with Crippen LogP contribution in [0.2, 0.25) is 0 Å². The molecule has 2 aliphatic rings. The van der Waals surface area contributed by atoms with Gasteiger partial charge < -0.3 is 10.6 Å². The normalized spacial score (nSPS) is 22.9. The lowest BCUT2D eigenvalue weighted by Crippen LogP contribution is -2.28. The highest BCUT2D eigenvalue weighted by Crippen LogP contribution is 2.39. The van der Waals surface area contributed by atoms with Gasteiger partial charge >= 0.3 is 0 Å². The zero-order chi connectivity index (χ0) is 16.1. The van der Waals surface area contributed by atoms with Crippen molar-refractivity contribution in [1.29, 1.82) is 0 Å². The second kappa shape index (κ2) is 7.44. The molecule has 3 rings (SSSR count). The molecule has 1 aromatic carbocycles. The van der Waals surface area contributed by atoms with Crippen molar-refractivity contribution >= 4 is 17.5 Å². The summed E-state index contributed by atoms with van der Waals surface area (Å²) in [6.45, 7) is 0.689. The van der Waals surface area contributed by atoms with Gasteiger partial charge in [0.1, 0.15) is 0 Å². The third-order valence-corrected chi connectivity index (χ3v) is 4.64. The molecule has 122 valence electrons. The Labute approximate surface area is 137 Å². The summed E-state index contributed by atoms with van der Waals surface area (Å²) in [7, 11) is 0. The number of benzene rings is 1. The van der Waals surface area contributed by atoms with E-state index in [-0.39, 0.29) is 23.7 Å². The number of hydrogen-bond donors (Lipinski definition) is 2. The Hall–Kier alpha value is -2.10. The van der Waals surface area contributed by atoms with E-state index < -0.39 is 0 Å². The van der Waals surface area contributed by atoms with Gasteiger partial charge in [0.05, 0.1) is 11.8 Å². The Kier molecular flexibility index (Phi) is 5.11. The molecular weight excluding hydrogens is 288 g/mol. The van der Waals surface area contributed by atoms with Crippen molar-refractivity contribution < 1.29 is 9.59 Å². The van der Waals surface area contributed by atoms with Gasteiger partial charge in [0.25, 0.3) is 0 Å². The molecule has 2 atom stereocenters. The van der Waals surface area contributed by atoms with Crippen LogP contribution >= 0.6 is 0 Å². The maximum Gasteiger partial charge on any atom is 0.228 e. The molecule has 2 N–H and O–H groups in total. The van der Waals surface area contributed by atoms with Crippen LogP contribution in [0.15, 0.2) is 42.0 Å². The summed E-state index contributed by atoms with van der Waals surface area (Å²) in [5, 5.41) is 5.85. The van der Waals surface area contributed by atoms with Gasteiger partial charge in [0.15, 0.2) is 0 Å². The number of hydrogen-bond acceptors (Lipinski definition) is 2. The van der Waals surface area contributed by atoms with Crippen LogP contribution in [0.1, 0.15) is 38.5 Å². The third-order valence-electron chi connectivity index (χ3n) is 4.64. The van der Waals surface area contributed by atoms with Crippen molar-refractivity contribution in [2.75, 3.05) is 11.9 Å². The van der Waals surface area contributed by atoms with E-state index in [9.17, 15) is 9.59 Å². The molecule has 1 fully saturated rings. The van der Waals surface area contributed by atoms with Crippen LogP contribution in [0.3, 0.4) is 0 Å². The zero-order valence-electron chi connectivity index (χ0n) is 13.4. The van der Waals surface area contributed by atoms with Gasteiger partial charge in [-0.15, -0.1) is 0 Å². The van der Waals surface area contributed by atoms with Crippen LogP contribution in [0.25, 0.3) is 0 Å². The molecule has 2 aliphatic carbocycles. The fourth-order valence-electron chi connectivity index (χ4n) is 3.14. The average Bonchev–Trinajstić information content (AvgIpc) is 3.37. The maximum atomic E-state index is 12.1. The molecule has 4 heteroatoms. The van der Waals surface area contributed by atoms with Crippen LogP contribution < -0.4 is 10.6 Å². The highest BCUT2D eigenvalue weighted by atomic mass is 16.2. The van der Waals surface area contributed by atoms with Crippen LogP contribution in [0.5, 0.6) is 0 Å². The summed E-state index contributed by atoms with van der Waals surface area (Å²) >= 11 is 0. The Morgan fingerprint density at radius 1 is 1.04 bits per heavy atom. The number of carbonyl (C=O) groups excluding carboxylic acids is 2. The minimum Gasteiger partial charge on any atom is -0.356 e. The Bertz CT molecular complexity index is 595. The minimum absolute atomic E-state index is 0.0228. The number of carbonyl (C=O) groups is 2. The van der Waals surface area contributed by atoms with E-state index >= 15 is 0 Å². The molecule has 1 saturated carbocycles. The lowest BCUT2D eigenvalue weighted by atomic mass is 9.97. The van der Waals surface area contributed by atoms with Gasteiger partial charge in [0.2, 0.25) is 11.8 Å². The number of para-hydroxylation sites is 1. The number of amides is 2. The number of allylic oxidation sites excluding steroid dienone is 1. The number of anilines is 1. The van der Waals surface area contributed by atoms with Crippen molar-refractivity contribution in [2.24, 2.45) is 11.8 Å². The topological polar surface area (TPSA) is 58.2 Å². The zero-order valence-corrected chi connectivity index (χ0v) is 13.4. The largest absolute Gasteiger partial charge is 0.356 e. The fraction of sp³-hybridized carbons (Fsp3) is 0.474. The molecule has 2 amide bonds. The lowest BCUT2D eigenvalue weighted by molar-refractivity contribution is -0.125. The average molecular weight is 312 g/mol. The summed E-state index contributed by atoms with van der Waals surface area (Å²) in [4.78, 5) is 24.2. The second-order valence-corrected chi connectivity index (χ2v) is 6.45. The highest BCUT2D eigenvalue weighted by Gasteiger charge is 2.47. The molecule has 2 unspecified atom stereocenters. The molecule has 0 saturated heterocycles. The minimum atomic E-state index is -0.177. The highest BCUT2D eigenvalue weighted by molar-refractivity contribution is 5.99. The van der Waals surface area contributed by atoms with E-state index in [1.807, 2.05) is 30.3 Å². The van der Waals surface area contributed by atoms with E-state index in [0.29, 0.717) is 13.0 Å². The van der Waals surface area contributed by atoms with Crippen molar-refractivity contribution in [3.63, 3.8) is 0 Å². The van der Waals surface area contributed by atoms with Crippen LogP contribution in [0.4, 0.5) is 5.69 Å². The first-order chi connectivity index (χ1) is 11.2. The molecule has 0 bridgehead atoms. The summed E-state index contributed by atoms with van der Waals surface area (Å²) < 4.78 is 0. The summed E-state index contributed by atoms with van der Waals surface area (Å²) in [5.74, 6) is -0.357. The molecule has 0 spiro atoms. The Morgan fingerprint density at radius 3 is 2.57 bits per heavy atom. The number of rotatable bonds is 6. The molecule has 0 aliphatic heterocycles. The van der Waals surface area contributed by atoms with E-state index in [0.717, 1.165) is 12.1 Å². The van der Waals surface area contributed by atoms with Gasteiger partial charge in [-0.2, -0.15) is 0 Å². The van der Waals surface area contributed by atoms with Gasteiger partial charge in [0, 0.05) is 12.2 Å². The van der Waals surface area contributed by atoms with Crippen LogP contribution in [-0.2, 0) is 9.59 Å². The van der Waals surface area contributed by atoms with Gasteiger partial charge in [-0.25, -0.2) is 0 Å². The maximum absolute atomic E-state index is 12.1. The SMILES string of the molecule is O=C(NCCC1=CCCCC1)C1CC1C(=O)Nc1ccccc1. The smallest absolute Gasteiger partial charge is 0.228 e. The van der Waals surface area contributed by atoms with E-state index in [2.05, 4.69) is 16.7 Å². The first kappa shape index (κ1) is 15.8. The first-order valence-electron chi connectivity index (χ1n) is 8.55. The predicted molar refractivity (Wildman–Crippen MR) is 90.8 cm³/mol. The summed E-state index contributed by atoms with van der Waals surface area (Å²) in [5.41, 5.74) is 2.25. The molecule has 23 heavy (non-hydrogen) atoms. The molecule has 0 heterocycles. The van der Waals surface area contributed by atoms with Crippen molar-refractivity contribution in [1.82, 2.24) is 5.32 Å². The quantitative estimate of drug-likeness (QED) is 0.792. The Morgan fingerprint density at radius 2 is 1.83 bits per heavy atom. The summed E-state index contributed by atoms with van der Waals surface area (Å²) in [6, 6.07) is 9.38. The van der Waals surface area contributed by atoms with Crippen molar-refractivity contribution in [3.8, 4) is 0 Å². The van der Waals surface area contributed by atoms with Crippen LogP contribution in [-0.4, -0.2) is 18.4 Å². The standard InChI is InChI=1S/C19H24N2O2/c22-18(20-12-11-14-7-3-1-4-8-14)16-13-17(16)19(23)21-15-9-5-2-6-10-15/h2,5-7,9-10,16-17H,1,3-4,8,11-13H2,(H,20,22)(H,21,23). The van der Waals surface area contributed by atoms with Crippen molar-refractivity contribution in [3.05, 3.63) is 42.0 Å². The monoisotopic (exact) mass is 312 g/mol. The summed E-state index contributed by atoms with van der Waals surface area (Å²) in [6.07, 6.45) is 8.81. The number of nitrogens with one attached hydrogen (secondary N) is 2. The molecule has 0 radical (unpaired) electrons. The predicted octanol–water partition coefficient (Wildman–Crippen LogP) is 3.27.